The zero-order valence-electron chi connectivity index (χ0n) is 25.9. The minimum absolute atomic E-state index is 0.0856. The number of carbonyl (C=O) groups is 2. The molecule has 0 atom stereocenters. The molecule has 0 unspecified atom stereocenters. The molecule has 0 bridgehead atoms. The zero-order chi connectivity index (χ0) is 31.3. The van der Waals surface area contributed by atoms with E-state index in [4.69, 9.17) is 9.72 Å². The van der Waals surface area contributed by atoms with Crippen LogP contribution in [0, 0.1) is 17.7 Å². The second-order valence-electron chi connectivity index (χ2n) is 12.6. The molecule has 2 aliphatic rings. The van der Waals surface area contributed by atoms with Crippen LogP contribution in [0.3, 0.4) is 0 Å². The minimum Gasteiger partial charge on any atom is -0.453 e. The van der Waals surface area contributed by atoms with E-state index in [9.17, 15) is 14.0 Å². The van der Waals surface area contributed by atoms with Crippen LogP contribution in [-0.4, -0.2) is 71.7 Å². The van der Waals surface area contributed by atoms with Crippen LogP contribution < -0.4 is 10.1 Å². The van der Waals surface area contributed by atoms with Crippen LogP contribution in [0.5, 0.6) is 11.5 Å². The molecule has 4 heterocycles. The van der Waals surface area contributed by atoms with Gasteiger partial charge in [0.2, 0.25) is 5.91 Å². The number of fused-ring (bicyclic) bond motifs is 1. The number of nitrogens with one attached hydrogen (secondary N) is 1. The number of likely N-dealkylation sites (tertiary alicyclic amines) is 1. The van der Waals surface area contributed by atoms with Gasteiger partial charge in [0, 0.05) is 56.9 Å². The van der Waals surface area contributed by atoms with Gasteiger partial charge in [-0.1, -0.05) is 12.1 Å². The third kappa shape index (κ3) is 8.31. The van der Waals surface area contributed by atoms with Gasteiger partial charge in [0.1, 0.15) is 11.5 Å². The number of ketones is 1. The van der Waals surface area contributed by atoms with E-state index in [1.807, 2.05) is 32.4 Å². The predicted molar refractivity (Wildman–Crippen MR) is 175 cm³/mol. The number of carbonyl (C=O) groups excluding carboxylic acids is 2. The first-order chi connectivity index (χ1) is 21.8. The Balaban J connectivity index is 1.05. The molecule has 236 valence electrons. The number of aromatic nitrogens is 2. The summed E-state index contributed by atoms with van der Waals surface area (Å²) in [6, 6.07) is 12.6. The first-order valence-electron chi connectivity index (χ1n) is 15.8. The van der Waals surface area contributed by atoms with Crippen molar-refractivity contribution in [3.63, 3.8) is 0 Å². The SMILES string of the molecule is CN(C)CCNC(=O)C1CCN(Cc2ccc(-c3cc4nccc(Oc5ccc(CC(=O)CC6CC6)cc5F)c4s3)nc2)CC1. The highest BCUT2D eigenvalue weighted by molar-refractivity contribution is 7.22. The summed E-state index contributed by atoms with van der Waals surface area (Å²) in [6.07, 6.45) is 8.40. The second kappa shape index (κ2) is 14.1. The number of pyridine rings is 2. The summed E-state index contributed by atoms with van der Waals surface area (Å²) >= 11 is 1.51. The first kappa shape index (κ1) is 31.3. The van der Waals surface area contributed by atoms with Crippen LogP contribution in [0.2, 0.25) is 0 Å². The Hall–Kier alpha value is -3.73. The van der Waals surface area contributed by atoms with Crippen LogP contribution in [0.4, 0.5) is 4.39 Å². The molecule has 1 saturated carbocycles. The van der Waals surface area contributed by atoms with Gasteiger partial charge >= 0.3 is 0 Å². The normalized spacial score (nSPS) is 15.9. The molecule has 1 saturated heterocycles. The lowest BCUT2D eigenvalue weighted by Crippen LogP contribution is -2.41. The molecule has 0 radical (unpaired) electrons. The van der Waals surface area contributed by atoms with Crippen LogP contribution in [-0.2, 0) is 22.6 Å². The summed E-state index contributed by atoms with van der Waals surface area (Å²) in [4.78, 5) is 39.3. The Labute approximate surface area is 267 Å². The Morgan fingerprint density at radius 2 is 1.82 bits per heavy atom. The number of likely N-dealkylation sites (N-methyl/N-ethyl adjacent to an activating group) is 1. The van der Waals surface area contributed by atoms with Crippen molar-refractivity contribution in [3.05, 3.63) is 71.8 Å². The molecule has 1 amide bonds. The fraction of sp³-hybridized carbons (Fsp3) is 0.429. The highest BCUT2D eigenvalue weighted by atomic mass is 32.1. The number of Topliss-reactive ketones (excluding diaryl/α,β-unsaturated/α-hetero) is 1. The molecular formula is C35H40FN5O3S. The van der Waals surface area contributed by atoms with E-state index < -0.39 is 5.82 Å². The Bertz CT molecular complexity index is 1650. The van der Waals surface area contributed by atoms with Crippen LogP contribution in [0.25, 0.3) is 20.8 Å². The molecule has 1 aliphatic heterocycles. The van der Waals surface area contributed by atoms with E-state index in [0.717, 1.165) is 78.2 Å². The van der Waals surface area contributed by atoms with Crippen molar-refractivity contribution in [1.29, 1.82) is 0 Å². The van der Waals surface area contributed by atoms with Gasteiger partial charge in [0.05, 0.1) is 20.8 Å². The van der Waals surface area contributed by atoms with E-state index in [2.05, 4.69) is 26.2 Å². The number of hydrogen-bond acceptors (Lipinski definition) is 8. The summed E-state index contributed by atoms with van der Waals surface area (Å²) < 4.78 is 21.8. The number of nitrogens with zero attached hydrogens (tertiary/aromatic N) is 4. The largest absolute Gasteiger partial charge is 0.453 e. The molecule has 1 aromatic carbocycles. The van der Waals surface area contributed by atoms with Gasteiger partial charge in [-0.15, -0.1) is 11.3 Å². The lowest BCUT2D eigenvalue weighted by atomic mass is 9.95. The number of rotatable bonds is 13. The lowest BCUT2D eigenvalue weighted by Gasteiger charge is -2.31. The van der Waals surface area contributed by atoms with Crippen LogP contribution in [0.1, 0.15) is 43.2 Å². The smallest absolute Gasteiger partial charge is 0.223 e. The first-order valence-corrected chi connectivity index (χ1v) is 16.6. The van der Waals surface area contributed by atoms with Crippen LogP contribution in [0.15, 0.2) is 54.9 Å². The third-order valence-corrected chi connectivity index (χ3v) is 9.67. The molecule has 6 rings (SSSR count). The fourth-order valence-electron chi connectivity index (χ4n) is 5.74. The molecule has 3 aromatic heterocycles. The van der Waals surface area contributed by atoms with Crippen molar-refractivity contribution in [3.8, 4) is 22.1 Å². The van der Waals surface area contributed by atoms with Crippen LogP contribution >= 0.6 is 11.3 Å². The maximum atomic E-state index is 15.0. The molecule has 1 aliphatic carbocycles. The summed E-state index contributed by atoms with van der Waals surface area (Å²) in [5.41, 5.74) is 3.40. The van der Waals surface area contributed by atoms with Gasteiger partial charge in [-0.3, -0.25) is 24.5 Å². The fourth-order valence-corrected chi connectivity index (χ4v) is 6.79. The highest BCUT2D eigenvalue weighted by Crippen LogP contribution is 2.39. The number of amides is 1. The summed E-state index contributed by atoms with van der Waals surface area (Å²) in [6.45, 7) is 4.11. The minimum atomic E-state index is -0.488. The average molecular weight is 630 g/mol. The Morgan fingerprint density at radius 3 is 2.53 bits per heavy atom. The van der Waals surface area contributed by atoms with Crippen molar-refractivity contribution in [2.75, 3.05) is 40.3 Å². The van der Waals surface area contributed by atoms with Gasteiger partial charge in [-0.25, -0.2) is 4.39 Å². The number of ether oxygens (including phenoxy) is 1. The molecule has 10 heteroatoms. The van der Waals surface area contributed by atoms with Gasteiger partial charge in [-0.05, 0) is 94.2 Å². The summed E-state index contributed by atoms with van der Waals surface area (Å²) in [7, 11) is 4.01. The highest BCUT2D eigenvalue weighted by Gasteiger charge is 2.26. The lowest BCUT2D eigenvalue weighted by molar-refractivity contribution is -0.126. The molecule has 4 aromatic rings. The molecular weight excluding hydrogens is 589 g/mol. The molecule has 1 N–H and O–H groups in total. The summed E-state index contributed by atoms with van der Waals surface area (Å²) in [5.74, 6) is 1.10. The topological polar surface area (TPSA) is 87.7 Å². The number of hydrogen-bond donors (Lipinski definition) is 1. The predicted octanol–water partition coefficient (Wildman–Crippen LogP) is 6.09. The van der Waals surface area contributed by atoms with E-state index in [0.29, 0.717) is 30.2 Å². The van der Waals surface area contributed by atoms with Crippen molar-refractivity contribution in [1.82, 2.24) is 25.1 Å². The molecule has 2 fully saturated rings. The second-order valence-corrected chi connectivity index (χ2v) is 13.6. The van der Waals surface area contributed by atoms with Gasteiger partial charge in [0.25, 0.3) is 0 Å². The average Bonchev–Trinajstić information content (AvgIpc) is 3.72. The molecule has 0 spiro atoms. The summed E-state index contributed by atoms with van der Waals surface area (Å²) in [5, 5.41) is 3.06. The van der Waals surface area contributed by atoms with E-state index in [1.54, 1.807) is 24.4 Å². The maximum absolute atomic E-state index is 15.0. The van der Waals surface area contributed by atoms with Gasteiger partial charge in [-0.2, -0.15) is 0 Å². The van der Waals surface area contributed by atoms with E-state index in [-0.39, 0.29) is 29.8 Å². The number of halogens is 1. The third-order valence-electron chi connectivity index (χ3n) is 8.51. The molecule has 45 heavy (non-hydrogen) atoms. The van der Waals surface area contributed by atoms with Gasteiger partial charge in [0.15, 0.2) is 11.6 Å². The monoisotopic (exact) mass is 629 g/mol. The number of benzene rings is 1. The van der Waals surface area contributed by atoms with E-state index >= 15 is 0 Å². The standard InChI is InChI=1S/C35H40FN5O3S/c1-40(2)16-13-38-35(43)26-10-14-41(15-11-26)22-25-5-7-29(39-21-25)33-20-30-34(45-33)32(9-12-37-30)44-31-8-6-24(19-28(31)36)18-27(42)17-23-3-4-23/h5-9,12,19-21,23,26H,3-4,10-11,13-18,22H2,1-2H3,(H,38,43). The zero-order valence-corrected chi connectivity index (χ0v) is 26.7. The number of piperidine rings is 1. The van der Waals surface area contributed by atoms with Crippen molar-refractivity contribution in [2.45, 2.75) is 45.1 Å². The number of thiophene rings is 1. The van der Waals surface area contributed by atoms with Gasteiger partial charge < -0.3 is 15.0 Å². The van der Waals surface area contributed by atoms with Crippen molar-refractivity contribution in [2.24, 2.45) is 11.8 Å². The Kier molecular flexibility index (Phi) is 9.82. The van der Waals surface area contributed by atoms with Crippen molar-refractivity contribution >= 4 is 33.2 Å². The van der Waals surface area contributed by atoms with E-state index in [1.165, 1.54) is 17.4 Å². The molecule has 8 nitrogen and oxygen atoms in total. The van der Waals surface area contributed by atoms with Crippen molar-refractivity contribution < 1.29 is 18.7 Å². The maximum Gasteiger partial charge on any atom is 0.223 e. The Morgan fingerprint density at radius 1 is 1.02 bits per heavy atom. The quantitative estimate of drug-likeness (QED) is 0.192.